The molecule has 1 heterocycles. The molecule has 0 amide bonds. The molecular formula is C9H7ClO. The summed E-state index contributed by atoms with van der Waals surface area (Å²) in [5.41, 5.74) is 1.78. The quantitative estimate of drug-likeness (QED) is 0.577. The maximum Gasteiger partial charge on any atom is 0.127 e. The molecule has 11 heavy (non-hydrogen) atoms. The van der Waals surface area contributed by atoms with E-state index in [2.05, 4.69) is 0 Å². The molecule has 0 atom stereocenters. The van der Waals surface area contributed by atoms with Crippen molar-refractivity contribution in [3.8, 4) is 5.75 Å². The fourth-order valence-corrected chi connectivity index (χ4v) is 1.30. The normalized spacial score (nSPS) is 20.3. The maximum atomic E-state index is 7.27. The average Bonchev–Trinajstić information content (AvgIpc) is 2.47. The fraction of sp³-hybridized carbons (Fsp3) is 0.111. The van der Waals surface area contributed by atoms with Gasteiger partial charge in [0.2, 0.25) is 0 Å². The molecule has 1 aliphatic rings. The molecule has 0 aromatic heterocycles. The van der Waals surface area contributed by atoms with E-state index >= 15 is 0 Å². The molecule has 0 saturated heterocycles. The zero-order valence-corrected chi connectivity index (χ0v) is 6.56. The van der Waals surface area contributed by atoms with Crippen LogP contribution in [0, 0.1) is 0 Å². The van der Waals surface area contributed by atoms with Gasteiger partial charge in [0.1, 0.15) is 12.4 Å². The lowest BCUT2D eigenvalue weighted by Gasteiger charge is -1.93. The highest BCUT2D eigenvalue weighted by Gasteiger charge is 2.15. The van der Waals surface area contributed by atoms with Crippen LogP contribution in [-0.2, 0) is 0 Å². The summed E-state index contributed by atoms with van der Waals surface area (Å²) in [6, 6.07) is 7.60. The Kier molecular flexibility index (Phi) is 1.33. The third kappa shape index (κ3) is 1.02. The summed E-state index contributed by atoms with van der Waals surface area (Å²) in [4.78, 5) is 0. The van der Waals surface area contributed by atoms with Gasteiger partial charge in [-0.2, -0.15) is 0 Å². The first-order chi connectivity index (χ1) is 5.79. The van der Waals surface area contributed by atoms with Gasteiger partial charge in [0.05, 0.1) is 1.37 Å². The average molecular weight is 168 g/mol. The lowest BCUT2D eigenvalue weighted by molar-refractivity contribution is 0.388. The summed E-state index contributed by atoms with van der Waals surface area (Å²) in [5, 5.41) is 0. The standard InChI is InChI=1S/C9H7ClO/c10-5-7-6-11-9-4-2-1-3-8(7)9/h1-5H,6H2/b7-5-/i5D. The topological polar surface area (TPSA) is 9.23 Å². The molecule has 0 aliphatic carbocycles. The van der Waals surface area contributed by atoms with Crippen LogP contribution in [0.25, 0.3) is 5.57 Å². The van der Waals surface area contributed by atoms with Gasteiger partial charge in [-0.1, -0.05) is 29.8 Å². The monoisotopic (exact) mass is 167 g/mol. The number of fused-ring (bicyclic) bond motifs is 1. The van der Waals surface area contributed by atoms with Crippen LogP contribution in [0.5, 0.6) is 5.75 Å². The van der Waals surface area contributed by atoms with Crippen LogP contribution < -0.4 is 4.74 Å². The highest BCUT2D eigenvalue weighted by atomic mass is 35.5. The summed E-state index contributed by atoms with van der Waals surface area (Å²) < 4.78 is 12.6. The van der Waals surface area contributed by atoms with Crippen LogP contribution in [0.4, 0.5) is 0 Å². The number of benzene rings is 1. The van der Waals surface area contributed by atoms with Gasteiger partial charge in [-0.25, -0.2) is 0 Å². The van der Waals surface area contributed by atoms with Crippen molar-refractivity contribution >= 4 is 17.2 Å². The Morgan fingerprint density at radius 1 is 1.55 bits per heavy atom. The van der Waals surface area contributed by atoms with E-state index in [0.29, 0.717) is 6.61 Å². The second-order valence-electron chi connectivity index (χ2n) is 2.36. The van der Waals surface area contributed by atoms with Gasteiger partial charge >= 0.3 is 0 Å². The Labute approximate surface area is 71.7 Å². The lowest BCUT2D eigenvalue weighted by Crippen LogP contribution is -1.85. The van der Waals surface area contributed by atoms with E-state index in [1.807, 2.05) is 24.3 Å². The van der Waals surface area contributed by atoms with Gasteiger partial charge < -0.3 is 4.74 Å². The predicted molar refractivity (Wildman–Crippen MR) is 45.8 cm³/mol. The highest BCUT2D eigenvalue weighted by molar-refractivity contribution is 6.28. The van der Waals surface area contributed by atoms with Crippen molar-refractivity contribution in [3.63, 3.8) is 0 Å². The number of para-hydroxylation sites is 1. The van der Waals surface area contributed by atoms with Gasteiger partial charge in [0.15, 0.2) is 0 Å². The Balaban J connectivity index is 2.57. The lowest BCUT2D eigenvalue weighted by atomic mass is 10.1. The second-order valence-corrected chi connectivity index (χ2v) is 2.55. The smallest absolute Gasteiger partial charge is 0.127 e. The minimum Gasteiger partial charge on any atom is -0.488 e. The Bertz CT molecular complexity index is 342. The number of halogens is 1. The largest absolute Gasteiger partial charge is 0.488 e. The van der Waals surface area contributed by atoms with Crippen molar-refractivity contribution in [2.24, 2.45) is 0 Å². The molecule has 2 heteroatoms. The second kappa shape index (κ2) is 2.59. The minimum atomic E-state index is 0.0694. The molecule has 0 saturated carbocycles. The molecule has 0 radical (unpaired) electrons. The van der Waals surface area contributed by atoms with Crippen LogP contribution in [-0.4, -0.2) is 6.61 Å². The Hall–Kier alpha value is -0.950. The first-order valence-corrected chi connectivity index (χ1v) is 3.74. The van der Waals surface area contributed by atoms with E-state index in [4.69, 9.17) is 17.7 Å². The van der Waals surface area contributed by atoms with Crippen LogP contribution in [0.3, 0.4) is 0 Å². The van der Waals surface area contributed by atoms with Gasteiger partial charge in [0.25, 0.3) is 0 Å². The zero-order valence-electron chi connectivity index (χ0n) is 6.80. The molecule has 0 spiro atoms. The first kappa shape index (κ1) is 5.67. The van der Waals surface area contributed by atoms with Crippen LogP contribution in [0.1, 0.15) is 6.93 Å². The van der Waals surface area contributed by atoms with E-state index < -0.39 is 0 Å². The summed E-state index contributed by atoms with van der Waals surface area (Å²) >= 11 is 5.58. The summed E-state index contributed by atoms with van der Waals surface area (Å²) in [6.07, 6.45) is 0. The predicted octanol–water partition coefficient (Wildman–Crippen LogP) is 2.66. The van der Waals surface area contributed by atoms with E-state index in [0.717, 1.165) is 16.9 Å². The van der Waals surface area contributed by atoms with Crippen LogP contribution >= 0.6 is 11.6 Å². The summed E-state index contributed by atoms with van der Waals surface area (Å²) in [5.74, 6) is 0.818. The molecule has 1 nitrogen and oxygen atoms in total. The molecule has 1 aromatic rings. The minimum absolute atomic E-state index is 0.0694. The fourth-order valence-electron chi connectivity index (χ4n) is 1.15. The number of hydrogen-bond acceptors (Lipinski definition) is 1. The molecule has 1 aliphatic heterocycles. The highest BCUT2D eigenvalue weighted by Crippen LogP contribution is 2.32. The van der Waals surface area contributed by atoms with Crippen molar-refractivity contribution in [1.29, 1.82) is 0 Å². The third-order valence-electron chi connectivity index (χ3n) is 1.70. The van der Waals surface area contributed by atoms with Crippen molar-refractivity contribution in [1.82, 2.24) is 0 Å². The molecule has 2 rings (SSSR count). The van der Waals surface area contributed by atoms with Crippen LogP contribution in [0.2, 0.25) is 0 Å². The van der Waals surface area contributed by atoms with E-state index in [1.54, 1.807) is 0 Å². The molecule has 0 fully saturated rings. The van der Waals surface area contributed by atoms with Crippen molar-refractivity contribution in [3.05, 3.63) is 35.3 Å². The molecule has 1 aromatic carbocycles. The SMILES string of the molecule is [2H]/C(Cl)=C1\COc2ccccc21. The van der Waals surface area contributed by atoms with Gasteiger partial charge in [0, 0.05) is 16.6 Å². The molecular weight excluding hydrogens is 160 g/mol. The Morgan fingerprint density at radius 2 is 2.36 bits per heavy atom. The Morgan fingerprint density at radius 3 is 3.18 bits per heavy atom. The molecule has 0 unspecified atom stereocenters. The summed E-state index contributed by atoms with van der Waals surface area (Å²) in [7, 11) is 0. The summed E-state index contributed by atoms with van der Waals surface area (Å²) in [6.45, 7) is 0.418. The van der Waals surface area contributed by atoms with Crippen molar-refractivity contribution in [2.75, 3.05) is 6.61 Å². The third-order valence-corrected chi connectivity index (χ3v) is 1.93. The molecule has 0 N–H and O–H groups in total. The number of hydrogen-bond donors (Lipinski definition) is 0. The van der Waals surface area contributed by atoms with E-state index in [1.165, 1.54) is 0 Å². The molecule has 56 valence electrons. The maximum absolute atomic E-state index is 7.27. The number of rotatable bonds is 0. The number of ether oxygens (including phenoxy) is 1. The zero-order chi connectivity index (χ0) is 8.55. The first-order valence-electron chi connectivity index (χ1n) is 3.86. The van der Waals surface area contributed by atoms with Gasteiger partial charge in [-0.15, -0.1) is 0 Å². The van der Waals surface area contributed by atoms with Crippen molar-refractivity contribution in [2.45, 2.75) is 0 Å². The molecule has 0 bridgehead atoms. The van der Waals surface area contributed by atoms with E-state index in [9.17, 15) is 0 Å². The van der Waals surface area contributed by atoms with Gasteiger partial charge in [-0.05, 0) is 6.07 Å². The van der Waals surface area contributed by atoms with Gasteiger partial charge in [-0.3, -0.25) is 0 Å². The van der Waals surface area contributed by atoms with E-state index in [-0.39, 0.29) is 5.51 Å². The van der Waals surface area contributed by atoms with Crippen LogP contribution in [0.15, 0.2) is 29.8 Å². The van der Waals surface area contributed by atoms with Crippen molar-refractivity contribution < 1.29 is 6.11 Å².